The van der Waals surface area contributed by atoms with E-state index in [1.54, 1.807) is 10.8 Å². The van der Waals surface area contributed by atoms with E-state index in [0.717, 1.165) is 21.9 Å². The van der Waals surface area contributed by atoms with Gasteiger partial charge in [0.25, 0.3) is 5.56 Å². The lowest BCUT2D eigenvalue weighted by molar-refractivity contribution is -0.131. The summed E-state index contributed by atoms with van der Waals surface area (Å²) in [6.07, 6.45) is 2.76. The van der Waals surface area contributed by atoms with Gasteiger partial charge in [-0.3, -0.25) is 18.8 Å². The van der Waals surface area contributed by atoms with Gasteiger partial charge in [-0.1, -0.05) is 0 Å². The molecule has 3 aromatic heterocycles. The molecular weight excluding hydrogens is 350 g/mol. The average Bonchev–Trinajstić information content (AvgIpc) is 3.12. The smallest absolute Gasteiger partial charge is 0.262 e. The van der Waals surface area contributed by atoms with Crippen LogP contribution in [0.5, 0.6) is 0 Å². The highest BCUT2D eigenvalue weighted by molar-refractivity contribution is 7.16. The van der Waals surface area contributed by atoms with E-state index >= 15 is 0 Å². The summed E-state index contributed by atoms with van der Waals surface area (Å²) >= 11 is 1.51. The Morgan fingerprint density at radius 1 is 1.27 bits per heavy atom. The van der Waals surface area contributed by atoms with E-state index in [1.165, 1.54) is 11.3 Å². The number of aromatic nitrogens is 4. The van der Waals surface area contributed by atoms with E-state index in [0.29, 0.717) is 44.4 Å². The van der Waals surface area contributed by atoms with Crippen molar-refractivity contribution in [2.45, 2.75) is 39.8 Å². The number of nitrogens with zero attached hydrogens (tertiary/aromatic N) is 5. The van der Waals surface area contributed by atoms with Crippen LogP contribution in [-0.2, 0) is 24.3 Å². The monoisotopic (exact) mass is 371 g/mol. The third-order valence-corrected chi connectivity index (χ3v) is 5.96. The van der Waals surface area contributed by atoms with Gasteiger partial charge in [0.15, 0.2) is 0 Å². The highest BCUT2D eigenvalue weighted by atomic mass is 32.1. The van der Waals surface area contributed by atoms with Crippen LogP contribution in [0.15, 0.2) is 22.4 Å². The molecule has 0 bridgehead atoms. The lowest BCUT2D eigenvalue weighted by atomic mass is 10.2. The van der Waals surface area contributed by atoms with Crippen molar-refractivity contribution in [3.8, 4) is 0 Å². The van der Waals surface area contributed by atoms with E-state index in [4.69, 9.17) is 0 Å². The molecule has 0 spiro atoms. The molecule has 1 aliphatic heterocycles. The molecule has 0 N–H and O–H groups in total. The Hall–Kier alpha value is -2.48. The second-order valence-electron chi connectivity index (χ2n) is 6.66. The number of hydrogen-bond acceptors (Lipinski definition) is 5. The van der Waals surface area contributed by atoms with Gasteiger partial charge in [0, 0.05) is 50.9 Å². The molecule has 0 saturated heterocycles. The molecule has 0 aliphatic carbocycles. The summed E-state index contributed by atoms with van der Waals surface area (Å²) in [7, 11) is 0. The van der Waals surface area contributed by atoms with Crippen LogP contribution in [0, 0.1) is 13.8 Å². The van der Waals surface area contributed by atoms with Crippen LogP contribution in [-0.4, -0.2) is 43.2 Å². The topological polar surface area (TPSA) is 73.0 Å². The zero-order valence-electron chi connectivity index (χ0n) is 14.9. The maximum atomic E-state index is 12.8. The third-order valence-electron chi connectivity index (χ3n) is 4.97. The highest BCUT2D eigenvalue weighted by Gasteiger charge is 2.22. The maximum absolute atomic E-state index is 12.8. The van der Waals surface area contributed by atoms with Gasteiger partial charge in [0.2, 0.25) is 5.91 Å². The maximum Gasteiger partial charge on any atom is 0.262 e. The van der Waals surface area contributed by atoms with Crippen molar-refractivity contribution in [3.05, 3.63) is 45.1 Å². The summed E-state index contributed by atoms with van der Waals surface area (Å²) in [6, 6.07) is 1.93. The number of hydrogen-bond donors (Lipinski definition) is 0. The fourth-order valence-electron chi connectivity index (χ4n) is 3.43. The molecule has 4 heterocycles. The molecule has 7 nitrogen and oxygen atoms in total. The normalized spacial score (nSPS) is 14.5. The fourth-order valence-corrected chi connectivity index (χ4v) is 4.36. The van der Waals surface area contributed by atoms with E-state index in [-0.39, 0.29) is 11.5 Å². The van der Waals surface area contributed by atoms with Crippen molar-refractivity contribution in [3.63, 3.8) is 0 Å². The van der Waals surface area contributed by atoms with E-state index in [9.17, 15) is 9.59 Å². The Labute approximate surface area is 154 Å². The minimum absolute atomic E-state index is 0.0187. The number of carbonyl (C=O) groups excluding carboxylic acids is 1. The van der Waals surface area contributed by atoms with Crippen LogP contribution in [0.3, 0.4) is 0 Å². The number of carbonyl (C=O) groups is 1. The van der Waals surface area contributed by atoms with Crippen molar-refractivity contribution in [1.82, 2.24) is 24.2 Å². The predicted molar refractivity (Wildman–Crippen MR) is 100 cm³/mol. The van der Waals surface area contributed by atoms with Gasteiger partial charge in [-0.2, -0.15) is 5.10 Å². The Morgan fingerprint density at radius 3 is 2.88 bits per heavy atom. The van der Waals surface area contributed by atoms with Crippen LogP contribution in [0.4, 0.5) is 0 Å². The number of amides is 1. The summed E-state index contributed by atoms with van der Waals surface area (Å²) in [6.45, 7) is 6.14. The van der Waals surface area contributed by atoms with E-state index in [1.807, 2.05) is 34.9 Å². The largest absolute Gasteiger partial charge is 0.340 e. The molecule has 1 amide bonds. The predicted octanol–water partition coefficient (Wildman–Crippen LogP) is 1.75. The average molecular weight is 371 g/mol. The van der Waals surface area contributed by atoms with Crippen molar-refractivity contribution in [1.29, 1.82) is 0 Å². The fraction of sp³-hybridized carbons (Fsp3) is 0.444. The van der Waals surface area contributed by atoms with Gasteiger partial charge in [0.1, 0.15) is 10.7 Å². The lowest BCUT2D eigenvalue weighted by Gasteiger charge is -2.20. The Kier molecular flexibility index (Phi) is 4.36. The van der Waals surface area contributed by atoms with Gasteiger partial charge in [0.05, 0.1) is 5.39 Å². The first-order chi connectivity index (χ1) is 12.5. The molecule has 0 aromatic carbocycles. The first kappa shape index (κ1) is 17.0. The second-order valence-corrected chi connectivity index (χ2v) is 7.52. The third kappa shape index (κ3) is 2.94. The molecule has 0 unspecified atom stereocenters. The van der Waals surface area contributed by atoms with Gasteiger partial charge in [-0.05, 0) is 30.9 Å². The molecular formula is C18H21N5O2S. The van der Waals surface area contributed by atoms with Crippen LogP contribution in [0.1, 0.15) is 23.5 Å². The molecule has 0 atom stereocenters. The van der Waals surface area contributed by atoms with Gasteiger partial charge < -0.3 is 4.90 Å². The molecule has 1 aliphatic rings. The van der Waals surface area contributed by atoms with Gasteiger partial charge in [-0.25, -0.2) is 4.98 Å². The quantitative estimate of drug-likeness (QED) is 0.703. The minimum Gasteiger partial charge on any atom is -0.340 e. The molecule has 3 aromatic rings. The van der Waals surface area contributed by atoms with Crippen molar-refractivity contribution < 1.29 is 4.79 Å². The lowest BCUT2D eigenvalue weighted by Crippen LogP contribution is -2.34. The number of aryl methyl sites for hydroxylation is 3. The standard InChI is InChI=1S/C18H21N5O2S/c1-12-11-26-17-16(12)18(25)22-10-9-21(7-4-14(22)20-17)15(24)5-8-23-13(2)3-6-19-23/h3,6,11H,4-5,7-10H2,1-2H3. The second kappa shape index (κ2) is 6.68. The van der Waals surface area contributed by atoms with E-state index in [2.05, 4.69) is 10.1 Å². The zero-order chi connectivity index (χ0) is 18.3. The summed E-state index contributed by atoms with van der Waals surface area (Å²) in [5.41, 5.74) is 2.04. The molecule has 8 heteroatoms. The Morgan fingerprint density at radius 2 is 2.12 bits per heavy atom. The summed E-state index contributed by atoms with van der Waals surface area (Å²) in [4.78, 5) is 32.7. The molecule has 4 rings (SSSR count). The molecule has 0 fully saturated rings. The molecule has 0 saturated carbocycles. The Bertz CT molecular complexity index is 1030. The van der Waals surface area contributed by atoms with Gasteiger partial charge in [-0.15, -0.1) is 11.3 Å². The number of fused-ring (bicyclic) bond motifs is 2. The van der Waals surface area contributed by atoms with Crippen LogP contribution >= 0.6 is 11.3 Å². The highest BCUT2D eigenvalue weighted by Crippen LogP contribution is 2.21. The summed E-state index contributed by atoms with van der Waals surface area (Å²) in [5, 5.41) is 6.91. The van der Waals surface area contributed by atoms with Gasteiger partial charge >= 0.3 is 0 Å². The number of rotatable bonds is 3. The first-order valence-electron chi connectivity index (χ1n) is 8.78. The summed E-state index contributed by atoms with van der Waals surface area (Å²) in [5.74, 6) is 0.876. The van der Waals surface area contributed by atoms with Crippen LogP contribution < -0.4 is 5.56 Å². The minimum atomic E-state index is 0.0187. The summed E-state index contributed by atoms with van der Waals surface area (Å²) < 4.78 is 3.58. The SMILES string of the molecule is Cc1csc2nc3n(c(=O)c12)CCN(C(=O)CCn1nccc1C)CC3. The van der Waals surface area contributed by atoms with Crippen molar-refractivity contribution >= 4 is 27.5 Å². The van der Waals surface area contributed by atoms with Crippen molar-refractivity contribution in [2.24, 2.45) is 0 Å². The Balaban J connectivity index is 1.50. The van der Waals surface area contributed by atoms with Crippen LogP contribution in [0.2, 0.25) is 0 Å². The first-order valence-corrected chi connectivity index (χ1v) is 9.66. The molecule has 0 radical (unpaired) electrons. The molecule has 26 heavy (non-hydrogen) atoms. The van der Waals surface area contributed by atoms with E-state index < -0.39 is 0 Å². The molecule has 136 valence electrons. The zero-order valence-corrected chi connectivity index (χ0v) is 15.8. The van der Waals surface area contributed by atoms with Crippen LogP contribution in [0.25, 0.3) is 10.2 Å². The van der Waals surface area contributed by atoms with Crippen molar-refractivity contribution in [2.75, 3.05) is 13.1 Å². The number of thiophene rings is 1.